The third kappa shape index (κ3) is 2.69. The molecule has 0 spiro atoms. The number of carbonyl (C=O) groups excluding carboxylic acids is 1. The fourth-order valence-electron chi connectivity index (χ4n) is 2.55. The molecule has 0 unspecified atom stereocenters. The quantitative estimate of drug-likeness (QED) is 0.588. The fraction of sp³-hybridized carbons (Fsp3) is 0.111. The number of pyridine rings is 1. The summed E-state index contributed by atoms with van der Waals surface area (Å²) in [6.07, 6.45) is 1.90. The van der Waals surface area contributed by atoms with Gasteiger partial charge in [0.05, 0.1) is 5.39 Å². The number of fused-ring (bicyclic) bond motifs is 1. The van der Waals surface area contributed by atoms with E-state index in [0.29, 0.717) is 12.2 Å². The average molecular weight is 278 g/mol. The summed E-state index contributed by atoms with van der Waals surface area (Å²) in [6.45, 7) is 0.121. The standard InChI is InChI=1S/C18H16NO2/c20-13-17(21)18-16-9-5-4-8-15(16)10-11-19(18)12-14-6-2-1-3-7-14/h1-11,20H,12-13H2/q+1. The zero-order valence-corrected chi connectivity index (χ0v) is 11.6. The van der Waals surface area contributed by atoms with Crippen molar-refractivity contribution in [3.63, 3.8) is 0 Å². The first kappa shape index (κ1) is 13.5. The van der Waals surface area contributed by atoms with Crippen LogP contribution in [0.3, 0.4) is 0 Å². The van der Waals surface area contributed by atoms with Crippen LogP contribution in [-0.2, 0) is 6.54 Å². The van der Waals surface area contributed by atoms with E-state index in [9.17, 15) is 9.90 Å². The van der Waals surface area contributed by atoms with Gasteiger partial charge in [0.25, 0.3) is 11.5 Å². The maximum Gasteiger partial charge on any atom is 0.259 e. The van der Waals surface area contributed by atoms with E-state index in [-0.39, 0.29) is 5.78 Å². The molecule has 3 heteroatoms. The van der Waals surface area contributed by atoms with Gasteiger partial charge in [-0.3, -0.25) is 4.79 Å². The van der Waals surface area contributed by atoms with Crippen LogP contribution < -0.4 is 4.57 Å². The highest BCUT2D eigenvalue weighted by molar-refractivity contribution is 6.05. The molecule has 0 amide bonds. The monoisotopic (exact) mass is 278 g/mol. The molecule has 3 nitrogen and oxygen atoms in total. The van der Waals surface area contributed by atoms with Crippen molar-refractivity contribution in [1.82, 2.24) is 0 Å². The Kier molecular flexibility index (Phi) is 3.75. The number of benzene rings is 2. The second-order valence-corrected chi connectivity index (χ2v) is 4.95. The van der Waals surface area contributed by atoms with Crippen LogP contribution in [0, 0.1) is 0 Å². The smallest absolute Gasteiger partial charge is 0.259 e. The molecule has 0 saturated heterocycles. The maximum atomic E-state index is 12.2. The summed E-state index contributed by atoms with van der Waals surface area (Å²) in [7, 11) is 0. The molecule has 3 aromatic rings. The number of rotatable bonds is 4. The van der Waals surface area contributed by atoms with E-state index in [1.165, 1.54) is 0 Å². The lowest BCUT2D eigenvalue weighted by Crippen LogP contribution is -2.41. The summed E-state index contributed by atoms with van der Waals surface area (Å²) >= 11 is 0. The van der Waals surface area contributed by atoms with E-state index >= 15 is 0 Å². The van der Waals surface area contributed by atoms with Crippen molar-refractivity contribution in [1.29, 1.82) is 0 Å². The van der Waals surface area contributed by atoms with E-state index in [1.807, 2.05) is 71.4 Å². The van der Waals surface area contributed by atoms with Crippen LogP contribution in [0.2, 0.25) is 0 Å². The largest absolute Gasteiger partial charge is 0.388 e. The van der Waals surface area contributed by atoms with Crippen molar-refractivity contribution in [2.45, 2.75) is 6.54 Å². The normalized spacial score (nSPS) is 10.7. The van der Waals surface area contributed by atoms with Crippen LogP contribution in [0.1, 0.15) is 16.1 Å². The Hall–Kier alpha value is -2.52. The second kappa shape index (κ2) is 5.85. The third-order valence-corrected chi connectivity index (χ3v) is 3.54. The minimum absolute atomic E-state index is 0.261. The van der Waals surface area contributed by atoms with Crippen molar-refractivity contribution in [3.05, 3.63) is 78.1 Å². The predicted octanol–water partition coefficient (Wildman–Crippen LogP) is 2.35. The Labute approximate surface area is 123 Å². The van der Waals surface area contributed by atoms with Gasteiger partial charge >= 0.3 is 0 Å². The minimum atomic E-state index is -0.483. The Balaban J connectivity index is 2.15. The van der Waals surface area contributed by atoms with Crippen molar-refractivity contribution in [2.24, 2.45) is 0 Å². The number of aliphatic hydroxyl groups excluding tert-OH is 1. The molecule has 0 fully saturated rings. The SMILES string of the molecule is O=C(CO)c1c2ccccc2cc[n+]1Cc1ccccc1. The molecule has 0 atom stereocenters. The van der Waals surface area contributed by atoms with Gasteiger partial charge < -0.3 is 5.11 Å². The van der Waals surface area contributed by atoms with Crippen molar-refractivity contribution < 1.29 is 14.5 Å². The summed E-state index contributed by atoms with van der Waals surface area (Å²) in [5.41, 5.74) is 1.67. The molecule has 1 aromatic heterocycles. The molecule has 3 rings (SSSR count). The first-order valence-electron chi connectivity index (χ1n) is 6.89. The molecule has 0 aliphatic heterocycles. The number of Topliss-reactive ketones (excluding diaryl/α,β-unsaturated/α-hetero) is 1. The van der Waals surface area contributed by atoms with Crippen molar-refractivity contribution >= 4 is 16.6 Å². The average Bonchev–Trinajstić information content (AvgIpc) is 2.55. The van der Waals surface area contributed by atoms with Gasteiger partial charge in [0.15, 0.2) is 12.7 Å². The Morgan fingerprint density at radius 2 is 1.67 bits per heavy atom. The molecule has 0 aliphatic carbocycles. The number of carbonyl (C=O) groups is 1. The van der Waals surface area contributed by atoms with Gasteiger partial charge in [0, 0.05) is 11.6 Å². The van der Waals surface area contributed by atoms with Crippen molar-refractivity contribution in [2.75, 3.05) is 6.61 Å². The topological polar surface area (TPSA) is 41.2 Å². The van der Waals surface area contributed by atoms with Gasteiger partial charge in [0.1, 0.15) is 6.61 Å². The first-order chi connectivity index (χ1) is 10.3. The Bertz CT molecular complexity index is 782. The number of hydrogen-bond acceptors (Lipinski definition) is 2. The van der Waals surface area contributed by atoms with Crippen LogP contribution in [0.5, 0.6) is 0 Å². The van der Waals surface area contributed by atoms with Crippen LogP contribution in [0.15, 0.2) is 66.9 Å². The van der Waals surface area contributed by atoms with Gasteiger partial charge in [-0.25, -0.2) is 0 Å². The van der Waals surface area contributed by atoms with Gasteiger partial charge in [-0.2, -0.15) is 4.57 Å². The minimum Gasteiger partial charge on any atom is -0.388 e. The molecule has 1 N–H and O–H groups in total. The molecule has 21 heavy (non-hydrogen) atoms. The summed E-state index contributed by atoms with van der Waals surface area (Å²) in [5.74, 6) is -0.261. The summed E-state index contributed by atoms with van der Waals surface area (Å²) in [4.78, 5) is 12.2. The van der Waals surface area contributed by atoms with E-state index in [1.54, 1.807) is 0 Å². The number of aliphatic hydroxyl groups is 1. The molecule has 104 valence electrons. The van der Waals surface area contributed by atoms with Crippen LogP contribution in [0.4, 0.5) is 0 Å². The number of nitrogens with zero attached hydrogens (tertiary/aromatic N) is 1. The first-order valence-corrected chi connectivity index (χ1v) is 6.89. The number of aromatic nitrogens is 1. The molecule has 0 radical (unpaired) electrons. The summed E-state index contributed by atoms with van der Waals surface area (Å²) in [5, 5.41) is 11.1. The maximum absolute atomic E-state index is 12.2. The highest BCUT2D eigenvalue weighted by Gasteiger charge is 2.22. The molecular formula is C18H16NO2+. The lowest BCUT2D eigenvalue weighted by atomic mass is 10.1. The van der Waals surface area contributed by atoms with Crippen molar-refractivity contribution in [3.8, 4) is 0 Å². The third-order valence-electron chi connectivity index (χ3n) is 3.54. The van der Waals surface area contributed by atoms with Crippen LogP contribution >= 0.6 is 0 Å². The van der Waals surface area contributed by atoms with Gasteiger partial charge in [-0.1, -0.05) is 48.5 Å². The van der Waals surface area contributed by atoms with Crippen LogP contribution in [0.25, 0.3) is 10.8 Å². The molecular weight excluding hydrogens is 262 g/mol. The Morgan fingerprint density at radius 1 is 0.952 bits per heavy atom. The Morgan fingerprint density at radius 3 is 2.43 bits per heavy atom. The molecule has 0 aliphatic rings. The zero-order valence-electron chi connectivity index (χ0n) is 11.6. The molecule has 1 heterocycles. The molecule has 0 saturated carbocycles. The highest BCUT2D eigenvalue weighted by atomic mass is 16.3. The van der Waals surface area contributed by atoms with E-state index in [2.05, 4.69) is 0 Å². The second-order valence-electron chi connectivity index (χ2n) is 4.95. The van der Waals surface area contributed by atoms with Gasteiger partial charge in [0.2, 0.25) is 0 Å². The molecule has 0 bridgehead atoms. The lowest BCUT2D eigenvalue weighted by molar-refractivity contribution is -0.688. The molecule has 2 aromatic carbocycles. The van der Waals surface area contributed by atoms with E-state index in [4.69, 9.17) is 0 Å². The fourth-order valence-corrected chi connectivity index (χ4v) is 2.55. The predicted molar refractivity (Wildman–Crippen MR) is 81.1 cm³/mol. The highest BCUT2D eigenvalue weighted by Crippen LogP contribution is 2.16. The lowest BCUT2D eigenvalue weighted by Gasteiger charge is -2.06. The zero-order chi connectivity index (χ0) is 14.7. The number of ketones is 1. The number of hydrogen-bond donors (Lipinski definition) is 1. The summed E-state index contributed by atoms with van der Waals surface area (Å²) < 4.78 is 1.90. The van der Waals surface area contributed by atoms with Gasteiger partial charge in [-0.15, -0.1) is 0 Å². The summed E-state index contributed by atoms with van der Waals surface area (Å²) in [6, 6.07) is 19.7. The van der Waals surface area contributed by atoms with Gasteiger partial charge in [-0.05, 0) is 11.5 Å². The van der Waals surface area contributed by atoms with E-state index < -0.39 is 6.61 Å². The van der Waals surface area contributed by atoms with Crippen LogP contribution in [-0.4, -0.2) is 17.5 Å². The van der Waals surface area contributed by atoms with E-state index in [0.717, 1.165) is 16.3 Å².